The van der Waals surface area contributed by atoms with E-state index in [-0.39, 0.29) is 24.1 Å². The predicted molar refractivity (Wildman–Crippen MR) is 116 cm³/mol. The highest BCUT2D eigenvalue weighted by Gasteiger charge is 2.42. The number of aromatic nitrogens is 1. The molecule has 2 N–H and O–H groups in total. The van der Waals surface area contributed by atoms with Gasteiger partial charge in [0, 0.05) is 54.5 Å². The van der Waals surface area contributed by atoms with Gasteiger partial charge >= 0.3 is 0 Å². The number of hydrogen-bond acceptors (Lipinski definition) is 8. The van der Waals surface area contributed by atoms with Gasteiger partial charge in [0.25, 0.3) is 0 Å². The summed E-state index contributed by atoms with van der Waals surface area (Å²) in [6, 6.07) is 0.720. The molecule has 8 nitrogen and oxygen atoms in total. The van der Waals surface area contributed by atoms with E-state index < -0.39 is 45.1 Å². The van der Waals surface area contributed by atoms with Crippen LogP contribution in [0.2, 0.25) is 5.02 Å². The number of hydrogen-bond donors (Lipinski definition) is 2. The molecule has 2 aliphatic heterocycles. The summed E-state index contributed by atoms with van der Waals surface area (Å²) >= 11 is 7.44. The minimum atomic E-state index is -3.51. The number of aliphatic hydroxyl groups is 1. The number of ether oxygens (including phenoxy) is 1. The van der Waals surface area contributed by atoms with Crippen molar-refractivity contribution in [3.63, 3.8) is 0 Å². The fourth-order valence-corrected chi connectivity index (χ4v) is 5.59. The zero-order valence-electron chi connectivity index (χ0n) is 16.9. The summed E-state index contributed by atoms with van der Waals surface area (Å²) in [4.78, 5) is 10.7. The van der Waals surface area contributed by atoms with E-state index in [0.717, 1.165) is 12.3 Å². The number of fused-ring (bicyclic) bond motifs is 1. The van der Waals surface area contributed by atoms with Crippen LogP contribution in [0.1, 0.15) is 23.0 Å². The SMILES string of the molecule is COC(O)C1=C2C[C@H](NS(C)(=O)=O)CN2C(c2nccs2)=N[C@H]1c1ccc(F)c(F)c1Cl. The molecule has 3 heterocycles. The molecule has 0 saturated carbocycles. The highest BCUT2D eigenvalue weighted by atomic mass is 35.5. The van der Waals surface area contributed by atoms with Gasteiger partial charge in [0.2, 0.25) is 10.0 Å². The van der Waals surface area contributed by atoms with E-state index in [0.29, 0.717) is 16.5 Å². The number of thiazole rings is 1. The standard InChI is InChI=1S/C19H19ClF2N4O4S2/c1-30-19(27)13-12-7-9(25-32(2,28)29)8-26(12)17(18-23-5-6-31-18)24-16(13)10-3-4-11(21)15(22)14(10)20/h3-6,9,16,19,25,27H,7-8H2,1-2H3/t9-,16-,19?/m0/s1. The minimum absolute atomic E-state index is 0.136. The number of rotatable bonds is 6. The third kappa shape index (κ3) is 4.30. The number of methoxy groups -OCH3 is 1. The second kappa shape index (κ2) is 8.76. The van der Waals surface area contributed by atoms with Gasteiger partial charge in [-0.2, -0.15) is 0 Å². The molecular weight excluding hydrogens is 486 g/mol. The van der Waals surface area contributed by atoms with Gasteiger partial charge in [-0.1, -0.05) is 17.7 Å². The fourth-order valence-electron chi connectivity index (χ4n) is 3.93. The number of benzene rings is 1. The van der Waals surface area contributed by atoms with Crippen LogP contribution in [0.4, 0.5) is 8.78 Å². The number of halogens is 3. The second-order valence-corrected chi connectivity index (χ2v) is 10.4. The van der Waals surface area contributed by atoms with Gasteiger partial charge in [-0.25, -0.2) is 26.9 Å². The quantitative estimate of drug-likeness (QED) is 0.462. The summed E-state index contributed by atoms with van der Waals surface area (Å²) in [6.45, 7) is 0.235. The largest absolute Gasteiger partial charge is 0.364 e. The van der Waals surface area contributed by atoms with Gasteiger partial charge in [-0.3, -0.25) is 4.99 Å². The molecule has 1 saturated heterocycles. The molecule has 13 heteroatoms. The summed E-state index contributed by atoms with van der Waals surface area (Å²) in [7, 11) is -2.22. The average Bonchev–Trinajstić information content (AvgIpc) is 3.39. The third-order valence-corrected chi connectivity index (χ3v) is 7.07. The van der Waals surface area contributed by atoms with Crippen LogP contribution in [0, 0.1) is 11.6 Å². The lowest BCUT2D eigenvalue weighted by atomic mass is 9.93. The first-order valence-electron chi connectivity index (χ1n) is 9.40. The summed E-state index contributed by atoms with van der Waals surface area (Å²) < 4.78 is 59.3. The van der Waals surface area contributed by atoms with Gasteiger partial charge in [0.15, 0.2) is 28.8 Å². The smallest absolute Gasteiger partial charge is 0.209 e. The highest BCUT2D eigenvalue weighted by Crippen LogP contribution is 2.44. The molecule has 0 amide bonds. The van der Waals surface area contributed by atoms with E-state index in [1.807, 2.05) is 0 Å². The Hall–Kier alpha value is -1.96. The first-order valence-corrected chi connectivity index (χ1v) is 12.5. The topological polar surface area (TPSA) is 104 Å². The first-order chi connectivity index (χ1) is 15.1. The number of aliphatic hydroxyl groups excluding tert-OH is 1. The maximum Gasteiger partial charge on any atom is 0.209 e. The van der Waals surface area contributed by atoms with Crippen LogP contribution in [0.15, 0.2) is 40.0 Å². The molecule has 0 radical (unpaired) electrons. The van der Waals surface area contributed by atoms with Crippen molar-refractivity contribution in [3.8, 4) is 0 Å². The zero-order valence-corrected chi connectivity index (χ0v) is 19.3. The van der Waals surface area contributed by atoms with E-state index in [2.05, 4.69) is 9.71 Å². The van der Waals surface area contributed by atoms with Crippen molar-refractivity contribution in [1.29, 1.82) is 0 Å². The maximum absolute atomic E-state index is 14.3. The predicted octanol–water partition coefficient (Wildman–Crippen LogP) is 2.42. The summed E-state index contributed by atoms with van der Waals surface area (Å²) in [5.74, 6) is -1.93. The van der Waals surface area contributed by atoms with Crippen molar-refractivity contribution in [1.82, 2.24) is 14.6 Å². The fraction of sp³-hybridized carbons (Fsp3) is 0.368. The van der Waals surface area contributed by atoms with Gasteiger partial charge in [0.1, 0.15) is 6.04 Å². The molecule has 32 heavy (non-hydrogen) atoms. The van der Waals surface area contributed by atoms with E-state index in [9.17, 15) is 22.3 Å². The number of amidine groups is 1. The van der Waals surface area contributed by atoms with Crippen molar-refractivity contribution in [2.75, 3.05) is 19.9 Å². The molecule has 2 aliphatic rings. The van der Waals surface area contributed by atoms with E-state index in [1.54, 1.807) is 16.5 Å². The molecule has 0 aliphatic carbocycles. The molecule has 1 unspecified atom stereocenters. The van der Waals surface area contributed by atoms with Crippen LogP contribution in [0.3, 0.4) is 0 Å². The molecular formula is C19H19ClF2N4O4S2. The summed E-state index contributed by atoms with van der Waals surface area (Å²) in [5, 5.41) is 12.5. The Kier molecular flexibility index (Phi) is 6.36. The molecule has 1 aromatic carbocycles. The second-order valence-electron chi connectivity index (χ2n) is 7.35. The number of nitrogens with zero attached hydrogens (tertiary/aromatic N) is 3. The molecule has 172 valence electrons. The number of nitrogens with one attached hydrogen (secondary N) is 1. The van der Waals surface area contributed by atoms with E-state index >= 15 is 0 Å². The third-order valence-electron chi connectivity index (χ3n) is 5.16. The number of sulfonamides is 1. The van der Waals surface area contributed by atoms with Crippen LogP contribution >= 0.6 is 22.9 Å². The van der Waals surface area contributed by atoms with Crippen LogP contribution in [-0.4, -0.2) is 61.5 Å². The maximum atomic E-state index is 14.3. The molecule has 1 aromatic heterocycles. The van der Waals surface area contributed by atoms with Gasteiger partial charge in [0.05, 0.1) is 11.3 Å². The zero-order chi connectivity index (χ0) is 23.2. The van der Waals surface area contributed by atoms with Crippen molar-refractivity contribution in [2.45, 2.75) is 24.8 Å². The van der Waals surface area contributed by atoms with Crippen molar-refractivity contribution < 1.29 is 27.0 Å². The summed E-state index contributed by atoms with van der Waals surface area (Å²) in [6.07, 6.45) is 1.42. The van der Waals surface area contributed by atoms with Crippen LogP contribution in [0.25, 0.3) is 0 Å². The van der Waals surface area contributed by atoms with Crippen LogP contribution in [-0.2, 0) is 14.8 Å². The highest BCUT2D eigenvalue weighted by molar-refractivity contribution is 7.88. The van der Waals surface area contributed by atoms with Crippen LogP contribution < -0.4 is 4.72 Å². The minimum Gasteiger partial charge on any atom is -0.364 e. The molecule has 0 spiro atoms. The van der Waals surface area contributed by atoms with Crippen molar-refractivity contribution in [3.05, 3.63) is 62.2 Å². The molecule has 0 bridgehead atoms. The Labute approximate surface area is 192 Å². The number of aliphatic imine (C=N–C) groups is 1. The Bertz CT molecular complexity index is 1200. The molecule has 3 atom stereocenters. The van der Waals surface area contributed by atoms with Gasteiger partial charge in [-0.15, -0.1) is 11.3 Å². The van der Waals surface area contributed by atoms with Gasteiger partial charge < -0.3 is 14.7 Å². The molecule has 4 rings (SSSR count). The van der Waals surface area contributed by atoms with Crippen molar-refractivity contribution in [2.24, 2.45) is 4.99 Å². The Morgan fingerprint density at radius 1 is 1.41 bits per heavy atom. The van der Waals surface area contributed by atoms with Crippen molar-refractivity contribution >= 4 is 38.8 Å². The molecule has 1 fully saturated rings. The monoisotopic (exact) mass is 504 g/mol. The van der Waals surface area contributed by atoms with Gasteiger partial charge in [-0.05, 0) is 6.07 Å². The summed E-state index contributed by atoms with van der Waals surface area (Å²) in [5.41, 5.74) is 0.947. The lowest BCUT2D eigenvalue weighted by Gasteiger charge is -2.34. The lowest BCUT2D eigenvalue weighted by Crippen LogP contribution is -2.39. The van der Waals surface area contributed by atoms with Crippen LogP contribution in [0.5, 0.6) is 0 Å². The Morgan fingerprint density at radius 2 is 2.16 bits per heavy atom. The normalized spacial score (nSPS) is 22.2. The Balaban J connectivity index is 1.91. The first kappa shape index (κ1) is 23.2. The average molecular weight is 505 g/mol. The lowest BCUT2D eigenvalue weighted by molar-refractivity contribution is -0.0500. The Morgan fingerprint density at radius 3 is 2.78 bits per heavy atom. The van der Waals surface area contributed by atoms with E-state index in [1.165, 1.54) is 24.5 Å². The molecule has 2 aromatic rings. The van der Waals surface area contributed by atoms with E-state index in [4.69, 9.17) is 21.3 Å².